The van der Waals surface area contributed by atoms with Crippen molar-refractivity contribution in [2.45, 2.75) is 56.0 Å². The number of halogens is 3. The number of benzene rings is 6. The fraction of sp³-hybridized carbons (Fsp3) is 0.220. The normalized spacial score (nSPS) is 19.7. The number of nitrogens with zero attached hydrogens (tertiary/aromatic N) is 1. The molecule has 0 unspecified atom stereocenters. The highest BCUT2D eigenvalue weighted by molar-refractivity contribution is 5.89. The van der Waals surface area contributed by atoms with E-state index in [1.54, 1.807) is 54.6 Å². The van der Waals surface area contributed by atoms with Crippen LogP contribution in [0.1, 0.15) is 38.5 Å². The molecule has 0 saturated carbocycles. The first-order valence-electron chi connectivity index (χ1n) is 20.3. The molecule has 63 heavy (non-hydrogen) atoms. The predicted octanol–water partition coefficient (Wildman–Crippen LogP) is 10.4. The average molecular weight is 858 g/mol. The molecule has 0 aromatic heterocycles. The maximum absolute atomic E-state index is 14.9. The Hall–Kier alpha value is -6.80. The van der Waals surface area contributed by atoms with Gasteiger partial charge in [-0.05, 0) is 57.6 Å². The zero-order valence-electron chi connectivity index (χ0n) is 33.7. The van der Waals surface area contributed by atoms with Crippen LogP contribution >= 0.6 is 0 Å². The molecule has 0 N–H and O–H groups in total. The van der Waals surface area contributed by atoms with Gasteiger partial charge in [-0.3, -0.25) is 0 Å². The molecule has 0 radical (unpaired) electrons. The number of hydrogen-bond acceptors (Lipinski definition) is 10. The highest BCUT2D eigenvalue weighted by atomic mass is 19.4. The summed E-state index contributed by atoms with van der Waals surface area (Å²) in [7, 11) is 0. The van der Waals surface area contributed by atoms with E-state index in [1.807, 2.05) is 78.9 Å². The van der Waals surface area contributed by atoms with Crippen LogP contribution in [0, 0.1) is 0 Å². The molecular weight excluding hydrogens is 816 g/mol. The molecule has 0 amide bonds. The molecule has 0 spiro atoms. The lowest BCUT2D eigenvalue weighted by Crippen LogP contribution is -2.63. The summed E-state index contributed by atoms with van der Waals surface area (Å²) in [6.45, 7) is -0.647. The smallest absolute Gasteiger partial charge is 0.452 e. The zero-order valence-corrected chi connectivity index (χ0v) is 33.7. The van der Waals surface area contributed by atoms with Crippen molar-refractivity contribution in [2.24, 2.45) is 4.99 Å². The molecular formula is C50H42F3NO9. The van der Waals surface area contributed by atoms with E-state index in [2.05, 4.69) is 4.99 Å². The van der Waals surface area contributed by atoms with Crippen LogP contribution in [0.25, 0.3) is 11.1 Å². The van der Waals surface area contributed by atoms with Crippen molar-refractivity contribution in [1.82, 2.24) is 0 Å². The largest absolute Gasteiger partial charge is 0.508 e. The number of carbonyl (C=O) groups excluding carboxylic acids is 2. The Labute approximate surface area is 361 Å². The van der Waals surface area contributed by atoms with Crippen LogP contribution in [0.2, 0.25) is 0 Å². The van der Waals surface area contributed by atoms with Crippen molar-refractivity contribution in [1.29, 1.82) is 0 Å². The van der Waals surface area contributed by atoms with Crippen molar-refractivity contribution < 1.29 is 55.9 Å². The van der Waals surface area contributed by atoms with E-state index in [0.29, 0.717) is 5.56 Å². The zero-order chi connectivity index (χ0) is 43.6. The van der Waals surface area contributed by atoms with Crippen LogP contribution < -0.4 is 0 Å². The van der Waals surface area contributed by atoms with Gasteiger partial charge in [0.05, 0.1) is 31.1 Å². The third kappa shape index (κ3) is 10.6. The Morgan fingerprint density at radius 2 is 1.11 bits per heavy atom. The average Bonchev–Trinajstić information content (AvgIpc) is 3.63. The summed E-state index contributed by atoms with van der Waals surface area (Å²) in [5.41, 5.74) is 5.38. The van der Waals surface area contributed by atoms with Crippen molar-refractivity contribution in [3.63, 3.8) is 0 Å². The van der Waals surface area contributed by atoms with Gasteiger partial charge in [0.25, 0.3) is 5.90 Å². The molecule has 1 aliphatic heterocycles. The molecule has 2 aliphatic rings. The van der Waals surface area contributed by atoms with Crippen LogP contribution in [-0.2, 0) is 46.4 Å². The molecule has 5 atom stereocenters. The van der Waals surface area contributed by atoms with Gasteiger partial charge in [-0.2, -0.15) is 13.2 Å². The number of ether oxygens (including phenoxy) is 7. The van der Waals surface area contributed by atoms with Crippen molar-refractivity contribution in [3.8, 4) is 11.1 Å². The molecule has 13 heteroatoms. The van der Waals surface area contributed by atoms with Crippen LogP contribution in [0.5, 0.6) is 0 Å². The highest BCUT2D eigenvalue weighted by Gasteiger charge is 2.54. The minimum absolute atomic E-state index is 0.0498. The standard InChI is InChI=1S/C50H42F3NO9/c51-50(52,53)48(54-36-23-11-4-12-24-36)63-47-45(58-30-34-19-7-2-8-20-34)44(62-49(56)59-31-41-39-27-15-13-25-37(39)38-26-14-16-28-40(38)41)43(61-46(55)35-21-9-3-10-22-35)42(60-47)32-57-29-33-17-5-1-6-18-33/h1-28,41-45,47H,29-32H2/t42-,43+,44+,45-,47-/m1/s1. The maximum Gasteiger partial charge on any atom is 0.508 e. The molecule has 6 aromatic rings. The lowest BCUT2D eigenvalue weighted by Gasteiger charge is -2.44. The van der Waals surface area contributed by atoms with Crippen LogP contribution in [0.3, 0.4) is 0 Å². The van der Waals surface area contributed by atoms with Crippen LogP contribution in [0.15, 0.2) is 175 Å². The van der Waals surface area contributed by atoms with Gasteiger partial charge in [-0.25, -0.2) is 14.6 Å². The van der Waals surface area contributed by atoms with E-state index in [1.165, 1.54) is 36.4 Å². The van der Waals surface area contributed by atoms with Gasteiger partial charge >= 0.3 is 18.3 Å². The van der Waals surface area contributed by atoms with E-state index < -0.39 is 54.9 Å². The topological polar surface area (TPSA) is 111 Å². The van der Waals surface area contributed by atoms with Gasteiger partial charge in [0, 0.05) is 5.92 Å². The number of alkyl halides is 3. The summed E-state index contributed by atoms with van der Waals surface area (Å²) >= 11 is 0. The van der Waals surface area contributed by atoms with E-state index >= 15 is 0 Å². The number of carbonyl (C=O) groups is 2. The monoisotopic (exact) mass is 857 g/mol. The van der Waals surface area contributed by atoms with Gasteiger partial charge in [0.1, 0.15) is 12.7 Å². The van der Waals surface area contributed by atoms with E-state index in [-0.39, 0.29) is 43.6 Å². The summed E-state index contributed by atoms with van der Waals surface area (Å²) < 4.78 is 87.0. The van der Waals surface area contributed by atoms with Crippen molar-refractivity contribution in [2.75, 3.05) is 13.2 Å². The highest BCUT2D eigenvalue weighted by Crippen LogP contribution is 2.44. The summed E-state index contributed by atoms with van der Waals surface area (Å²) in [6, 6.07) is 49.0. The second-order valence-electron chi connectivity index (χ2n) is 14.8. The summed E-state index contributed by atoms with van der Waals surface area (Å²) in [4.78, 5) is 31.8. The quantitative estimate of drug-likeness (QED) is 0.0600. The van der Waals surface area contributed by atoms with Gasteiger partial charge in [0.15, 0.2) is 18.3 Å². The molecule has 1 saturated heterocycles. The number of fused-ring (bicyclic) bond motifs is 3. The van der Waals surface area contributed by atoms with Gasteiger partial charge in [-0.15, -0.1) is 0 Å². The minimum atomic E-state index is -5.12. The van der Waals surface area contributed by atoms with Crippen LogP contribution in [0.4, 0.5) is 23.7 Å². The number of esters is 1. The van der Waals surface area contributed by atoms with Gasteiger partial charge in [-0.1, -0.05) is 146 Å². The van der Waals surface area contributed by atoms with Crippen molar-refractivity contribution >= 4 is 23.7 Å². The van der Waals surface area contributed by atoms with E-state index in [0.717, 1.165) is 27.8 Å². The molecule has 10 nitrogen and oxygen atoms in total. The third-order valence-corrected chi connectivity index (χ3v) is 10.5. The van der Waals surface area contributed by atoms with Crippen molar-refractivity contribution in [3.05, 3.63) is 198 Å². The Bertz CT molecular complexity index is 2430. The minimum Gasteiger partial charge on any atom is -0.452 e. The molecule has 1 aliphatic carbocycles. The second kappa shape index (κ2) is 19.9. The Kier molecular flexibility index (Phi) is 13.6. The molecule has 0 bridgehead atoms. The predicted molar refractivity (Wildman–Crippen MR) is 226 cm³/mol. The molecule has 6 aromatic carbocycles. The maximum atomic E-state index is 14.9. The Morgan fingerprint density at radius 1 is 0.571 bits per heavy atom. The fourth-order valence-corrected chi connectivity index (χ4v) is 7.58. The summed E-state index contributed by atoms with van der Waals surface area (Å²) in [5.74, 6) is -2.84. The van der Waals surface area contributed by atoms with E-state index in [9.17, 15) is 22.8 Å². The van der Waals surface area contributed by atoms with E-state index in [4.69, 9.17) is 33.2 Å². The number of rotatable bonds is 14. The second-order valence-corrected chi connectivity index (χ2v) is 14.8. The SMILES string of the molecule is O=C(OCC1c2ccccc2-c2ccccc21)O[C@H]1[C@@H](OC(=O)c2ccccc2)[C@@H](COCc2ccccc2)O[C@H](OC(=Nc2ccccc2)C(F)(F)F)[C@@H]1OCc1ccccc1. The summed E-state index contributed by atoms with van der Waals surface area (Å²) in [6.07, 6.45) is -14.6. The molecule has 1 heterocycles. The summed E-state index contributed by atoms with van der Waals surface area (Å²) in [5, 5.41) is 0. The molecule has 8 rings (SSSR count). The first-order chi connectivity index (χ1) is 30.7. The fourth-order valence-electron chi connectivity index (χ4n) is 7.58. The third-order valence-electron chi connectivity index (χ3n) is 10.5. The number of hydrogen-bond donors (Lipinski definition) is 0. The van der Waals surface area contributed by atoms with Gasteiger partial charge in [0.2, 0.25) is 6.29 Å². The Morgan fingerprint density at radius 3 is 1.71 bits per heavy atom. The first-order valence-corrected chi connectivity index (χ1v) is 20.3. The molecule has 1 fully saturated rings. The number of para-hydroxylation sites is 1. The molecule has 322 valence electrons. The van der Waals surface area contributed by atoms with Crippen LogP contribution in [-0.4, -0.2) is 68.1 Å². The number of aliphatic imine (C=N–C) groups is 1. The first kappa shape index (κ1) is 42.9. The lowest BCUT2D eigenvalue weighted by atomic mass is 9.97. The lowest BCUT2D eigenvalue weighted by molar-refractivity contribution is -0.299. The van der Waals surface area contributed by atoms with Gasteiger partial charge < -0.3 is 33.2 Å². The Balaban J connectivity index is 1.16.